The molecule has 0 radical (unpaired) electrons. The van der Waals surface area contributed by atoms with E-state index in [4.69, 9.17) is 4.74 Å². The summed E-state index contributed by atoms with van der Waals surface area (Å²) in [6.07, 6.45) is 78.0. The zero-order valence-electron chi connectivity index (χ0n) is 49.4. The monoisotopic (exact) mass is 1030 g/mol. The second-order valence-electron chi connectivity index (χ2n) is 22.8. The minimum Gasteiger partial charge on any atom is -0.466 e. The smallest absolute Gasteiger partial charge is 0.305 e. The lowest BCUT2D eigenvalue weighted by molar-refractivity contribution is -0.143. The molecule has 0 fully saturated rings. The van der Waals surface area contributed by atoms with Crippen LogP contribution in [0, 0.1) is 0 Å². The maximum absolute atomic E-state index is 12.4. The third-order valence-corrected chi connectivity index (χ3v) is 15.5. The molecule has 0 aromatic heterocycles. The van der Waals surface area contributed by atoms with Crippen LogP contribution in [0.25, 0.3) is 0 Å². The Morgan fingerprint density at radius 3 is 1.07 bits per heavy atom. The molecule has 0 aliphatic carbocycles. The van der Waals surface area contributed by atoms with E-state index in [0.29, 0.717) is 25.9 Å². The topological polar surface area (TPSA) is 95.9 Å². The lowest BCUT2D eigenvalue weighted by Gasteiger charge is -2.22. The lowest BCUT2D eigenvalue weighted by Crippen LogP contribution is -2.45. The van der Waals surface area contributed by atoms with Gasteiger partial charge in [-0.3, -0.25) is 9.59 Å². The maximum atomic E-state index is 12.4. The van der Waals surface area contributed by atoms with Crippen LogP contribution in [0.5, 0.6) is 0 Å². The Bertz CT molecular complexity index is 1140. The van der Waals surface area contributed by atoms with Crippen molar-refractivity contribution in [3.63, 3.8) is 0 Å². The van der Waals surface area contributed by atoms with Gasteiger partial charge < -0.3 is 20.3 Å². The summed E-state index contributed by atoms with van der Waals surface area (Å²) in [4.78, 5) is 24.5. The van der Waals surface area contributed by atoms with Crippen LogP contribution in [0.15, 0.2) is 24.3 Å². The molecule has 2 unspecified atom stereocenters. The van der Waals surface area contributed by atoms with E-state index in [-0.39, 0.29) is 18.5 Å². The van der Waals surface area contributed by atoms with E-state index in [2.05, 4.69) is 43.5 Å². The number of allylic oxidation sites excluding steroid dienone is 4. The average molecular weight is 1030 g/mol. The zero-order chi connectivity index (χ0) is 52.9. The highest BCUT2D eigenvalue weighted by molar-refractivity contribution is 5.76. The fraction of sp³-hybridized carbons (Fsp3) is 0.910. The SMILES string of the molecule is CCCCC/C=C\C/C=C\CCCCCCCC(=O)OCCCCCCCCCCCCCCCCCCCCCCCCCCCCCCCCCC(=O)NC(CO)C(O)CCCCCCCCCCCC. The third-order valence-electron chi connectivity index (χ3n) is 15.5. The summed E-state index contributed by atoms with van der Waals surface area (Å²) in [6.45, 7) is 4.93. The number of aliphatic hydroxyl groups excluding tert-OH is 2. The van der Waals surface area contributed by atoms with Crippen molar-refractivity contribution in [2.45, 2.75) is 379 Å². The molecule has 2 atom stereocenters. The Labute approximate surface area is 456 Å². The first kappa shape index (κ1) is 71.3. The lowest BCUT2D eigenvalue weighted by atomic mass is 10.0. The molecule has 432 valence electrons. The number of carbonyl (C=O) groups is 2. The van der Waals surface area contributed by atoms with Crippen molar-refractivity contribution < 1.29 is 24.5 Å². The van der Waals surface area contributed by atoms with Gasteiger partial charge in [-0.15, -0.1) is 0 Å². The van der Waals surface area contributed by atoms with Crippen molar-refractivity contribution in [2.24, 2.45) is 0 Å². The van der Waals surface area contributed by atoms with E-state index < -0.39 is 12.1 Å². The molecule has 0 aromatic rings. The third kappa shape index (κ3) is 59.4. The maximum Gasteiger partial charge on any atom is 0.305 e. The van der Waals surface area contributed by atoms with E-state index in [1.807, 2.05) is 0 Å². The Balaban J connectivity index is 3.30. The number of aliphatic hydroxyl groups is 2. The molecule has 6 heteroatoms. The summed E-state index contributed by atoms with van der Waals surface area (Å²) < 4.78 is 5.49. The standard InChI is InChI=1S/C67H129NO5/c1-3-5-7-9-11-13-15-16-34-38-41-45-49-53-57-61-67(72)73-62-58-54-50-46-42-39-36-33-31-29-27-25-23-21-19-17-18-20-22-24-26-28-30-32-35-37-40-44-48-52-56-60-66(71)68-64(63-69)65(70)59-55-51-47-43-14-12-10-8-6-4-2/h11,13,16,34,64-65,69-70H,3-10,12,14-15,17-33,35-63H2,1-2H3,(H,68,71)/b13-11-,34-16-. The van der Waals surface area contributed by atoms with Gasteiger partial charge in [-0.05, 0) is 57.8 Å². The van der Waals surface area contributed by atoms with Gasteiger partial charge in [0.05, 0.1) is 25.4 Å². The molecule has 73 heavy (non-hydrogen) atoms. The van der Waals surface area contributed by atoms with Crippen LogP contribution in [0.3, 0.4) is 0 Å². The van der Waals surface area contributed by atoms with Gasteiger partial charge in [-0.25, -0.2) is 0 Å². The zero-order valence-corrected chi connectivity index (χ0v) is 49.4. The first-order valence-corrected chi connectivity index (χ1v) is 33.1. The largest absolute Gasteiger partial charge is 0.466 e. The number of hydrogen-bond acceptors (Lipinski definition) is 5. The highest BCUT2D eigenvalue weighted by Gasteiger charge is 2.20. The Morgan fingerprint density at radius 1 is 0.384 bits per heavy atom. The molecule has 0 aromatic carbocycles. The van der Waals surface area contributed by atoms with Gasteiger partial charge >= 0.3 is 5.97 Å². The van der Waals surface area contributed by atoms with E-state index in [1.54, 1.807) is 0 Å². The quantitative estimate of drug-likeness (QED) is 0.0320. The van der Waals surface area contributed by atoms with Crippen LogP contribution < -0.4 is 5.32 Å². The number of carbonyl (C=O) groups excluding carboxylic acids is 2. The van der Waals surface area contributed by atoms with Crippen molar-refractivity contribution in [1.82, 2.24) is 5.32 Å². The molecule has 0 rings (SSSR count). The van der Waals surface area contributed by atoms with Crippen molar-refractivity contribution in [2.75, 3.05) is 13.2 Å². The number of amides is 1. The van der Waals surface area contributed by atoms with Gasteiger partial charge in [0, 0.05) is 12.8 Å². The molecular formula is C67H129NO5. The van der Waals surface area contributed by atoms with E-state index >= 15 is 0 Å². The summed E-state index contributed by atoms with van der Waals surface area (Å²) in [5.74, 6) is -0.0241. The fourth-order valence-corrected chi connectivity index (χ4v) is 10.4. The summed E-state index contributed by atoms with van der Waals surface area (Å²) >= 11 is 0. The second-order valence-corrected chi connectivity index (χ2v) is 22.8. The fourth-order valence-electron chi connectivity index (χ4n) is 10.4. The Hall–Kier alpha value is -1.66. The second kappa shape index (κ2) is 62.9. The molecule has 3 N–H and O–H groups in total. The minimum absolute atomic E-state index is 0.00689. The van der Waals surface area contributed by atoms with Crippen LogP contribution in [0.1, 0.15) is 367 Å². The summed E-state index contributed by atoms with van der Waals surface area (Å²) in [6, 6.07) is -0.536. The van der Waals surface area contributed by atoms with Crippen molar-refractivity contribution >= 4 is 11.9 Å². The number of hydrogen-bond donors (Lipinski definition) is 3. The van der Waals surface area contributed by atoms with Gasteiger partial charge in [0.1, 0.15) is 0 Å². The van der Waals surface area contributed by atoms with Crippen molar-refractivity contribution in [1.29, 1.82) is 0 Å². The summed E-state index contributed by atoms with van der Waals surface area (Å²) in [5.41, 5.74) is 0. The average Bonchev–Trinajstić information content (AvgIpc) is 3.39. The number of rotatable bonds is 62. The molecule has 0 aliphatic heterocycles. The van der Waals surface area contributed by atoms with Gasteiger partial charge in [-0.1, -0.05) is 321 Å². The van der Waals surface area contributed by atoms with Crippen LogP contribution in [0.2, 0.25) is 0 Å². The van der Waals surface area contributed by atoms with Gasteiger partial charge in [0.2, 0.25) is 5.91 Å². The molecule has 0 saturated heterocycles. The van der Waals surface area contributed by atoms with Crippen LogP contribution >= 0.6 is 0 Å². The van der Waals surface area contributed by atoms with Crippen molar-refractivity contribution in [3.05, 3.63) is 24.3 Å². The number of ether oxygens (including phenoxy) is 1. The molecule has 0 bridgehead atoms. The molecule has 0 spiro atoms. The highest BCUT2D eigenvalue weighted by atomic mass is 16.5. The van der Waals surface area contributed by atoms with Gasteiger partial charge in [0.15, 0.2) is 0 Å². The molecule has 0 saturated carbocycles. The summed E-state index contributed by atoms with van der Waals surface area (Å²) in [5, 5.41) is 23.2. The Kier molecular flexibility index (Phi) is 61.4. The predicted molar refractivity (Wildman–Crippen MR) is 320 cm³/mol. The molecule has 0 heterocycles. The highest BCUT2D eigenvalue weighted by Crippen LogP contribution is 2.19. The Morgan fingerprint density at radius 2 is 0.685 bits per heavy atom. The van der Waals surface area contributed by atoms with Crippen LogP contribution in [0.4, 0.5) is 0 Å². The van der Waals surface area contributed by atoms with E-state index in [9.17, 15) is 19.8 Å². The van der Waals surface area contributed by atoms with Crippen LogP contribution in [-0.4, -0.2) is 47.4 Å². The molecular weight excluding hydrogens is 899 g/mol. The van der Waals surface area contributed by atoms with Gasteiger partial charge in [-0.2, -0.15) is 0 Å². The summed E-state index contributed by atoms with van der Waals surface area (Å²) in [7, 11) is 0. The van der Waals surface area contributed by atoms with Gasteiger partial charge in [0.25, 0.3) is 0 Å². The minimum atomic E-state index is -0.659. The van der Waals surface area contributed by atoms with E-state index in [0.717, 1.165) is 51.4 Å². The normalized spacial score (nSPS) is 12.7. The molecule has 1 amide bonds. The first-order chi connectivity index (χ1) is 36.0. The predicted octanol–water partition coefficient (Wildman–Crippen LogP) is 21.0. The van der Waals surface area contributed by atoms with Crippen molar-refractivity contribution in [3.8, 4) is 0 Å². The first-order valence-electron chi connectivity index (χ1n) is 33.1. The number of esters is 1. The van der Waals surface area contributed by atoms with E-state index in [1.165, 1.54) is 283 Å². The van der Waals surface area contributed by atoms with Crippen LogP contribution in [-0.2, 0) is 14.3 Å². The number of unbranched alkanes of at least 4 members (excludes halogenated alkanes) is 47. The molecule has 6 nitrogen and oxygen atoms in total. The molecule has 0 aliphatic rings. The number of nitrogens with one attached hydrogen (secondary N) is 1.